The van der Waals surface area contributed by atoms with Crippen LogP contribution in [0, 0.1) is 17.8 Å². The molecular formula is C22H33NO3. The molecular weight excluding hydrogens is 326 g/mol. The molecule has 2 fully saturated rings. The first-order valence-electron chi connectivity index (χ1n) is 10.5. The van der Waals surface area contributed by atoms with Gasteiger partial charge in [0.15, 0.2) is 0 Å². The second kappa shape index (κ2) is 7.12. The van der Waals surface area contributed by atoms with Gasteiger partial charge in [0.2, 0.25) is 0 Å². The summed E-state index contributed by atoms with van der Waals surface area (Å²) in [5.41, 5.74) is 1.65. The maximum absolute atomic E-state index is 12.4. The van der Waals surface area contributed by atoms with Crippen molar-refractivity contribution in [3.8, 4) is 0 Å². The van der Waals surface area contributed by atoms with E-state index in [-0.39, 0.29) is 23.9 Å². The van der Waals surface area contributed by atoms with Crippen LogP contribution in [0.5, 0.6) is 0 Å². The van der Waals surface area contributed by atoms with Crippen molar-refractivity contribution in [3.05, 3.63) is 23.3 Å². The van der Waals surface area contributed by atoms with E-state index >= 15 is 0 Å². The van der Waals surface area contributed by atoms with E-state index in [1.54, 1.807) is 0 Å². The molecule has 0 aromatic rings. The molecule has 0 aromatic heterocycles. The number of fused-ring (bicyclic) bond motifs is 1. The monoisotopic (exact) mass is 359 g/mol. The Morgan fingerprint density at radius 2 is 1.77 bits per heavy atom. The fourth-order valence-corrected chi connectivity index (χ4v) is 5.92. The van der Waals surface area contributed by atoms with Crippen molar-refractivity contribution in [1.29, 1.82) is 0 Å². The Labute approximate surface area is 157 Å². The molecule has 2 aliphatic heterocycles. The van der Waals surface area contributed by atoms with Crippen molar-refractivity contribution in [2.75, 3.05) is 7.05 Å². The Kier molecular flexibility index (Phi) is 5.00. The quantitative estimate of drug-likeness (QED) is 0.606. The van der Waals surface area contributed by atoms with Gasteiger partial charge in [0.1, 0.15) is 6.10 Å². The lowest BCUT2D eigenvalue weighted by molar-refractivity contribution is -0.140. The molecule has 0 unspecified atom stereocenters. The molecule has 4 aliphatic rings. The van der Waals surface area contributed by atoms with Crippen molar-refractivity contribution in [2.24, 2.45) is 17.8 Å². The number of aliphatic hydroxyl groups is 1. The lowest BCUT2D eigenvalue weighted by Crippen LogP contribution is -2.43. The summed E-state index contributed by atoms with van der Waals surface area (Å²) in [4.78, 5) is 14.9. The number of rotatable bonds is 2. The molecule has 7 atom stereocenters. The summed E-state index contributed by atoms with van der Waals surface area (Å²) in [5, 5.41) is 10.9. The maximum atomic E-state index is 12.4. The summed E-state index contributed by atoms with van der Waals surface area (Å²) in [5.74, 6) is 0.603. The van der Waals surface area contributed by atoms with Crippen LogP contribution in [-0.2, 0) is 9.53 Å². The molecule has 4 heteroatoms. The van der Waals surface area contributed by atoms with Crippen molar-refractivity contribution in [3.63, 3.8) is 0 Å². The molecule has 1 saturated heterocycles. The number of likely N-dealkylation sites (tertiary alicyclic amines) is 1. The number of carbonyl (C=O) groups excluding carboxylic acids is 1. The summed E-state index contributed by atoms with van der Waals surface area (Å²) < 4.78 is 5.53. The fraction of sp³-hybridized carbons (Fsp3) is 0.773. The maximum Gasteiger partial charge on any atom is 0.337 e. The number of piperidine rings is 1. The van der Waals surface area contributed by atoms with Gasteiger partial charge in [-0.1, -0.05) is 31.4 Å². The summed E-state index contributed by atoms with van der Waals surface area (Å²) >= 11 is 0. The summed E-state index contributed by atoms with van der Waals surface area (Å²) in [6.45, 7) is 4.27. The van der Waals surface area contributed by atoms with E-state index in [0.29, 0.717) is 23.6 Å². The number of carbonyl (C=O) groups is 1. The molecule has 0 bridgehead atoms. The molecule has 0 spiro atoms. The first-order chi connectivity index (χ1) is 12.5. The van der Waals surface area contributed by atoms with E-state index < -0.39 is 6.10 Å². The first kappa shape index (κ1) is 18.2. The zero-order valence-electron chi connectivity index (χ0n) is 16.4. The number of ether oxygens (including phenoxy) is 1. The number of nitrogens with zero attached hydrogens (tertiary/aromatic N) is 1. The van der Waals surface area contributed by atoms with Crippen molar-refractivity contribution < 1.29 is 14.6 Å². The van der Waals surface area contributed by atoms with E-state index in [2.05, 4.69) is 31.0 Å². The zero-order chi connectivity index (χ0) is 18.4. The van der Waals surface area contributed by atoms with Gasteiger partial charge in [-0.2, -0.15) is 0 Å². The highest BCUT2D eigenvalue weighted by atomic mass is 16.5. The van der Waals surface area contributed by atoms with Crippen LogP contribution in [0.2, 0.25) is 0 Å². The Morgan fingerprint density at radius 1 is 1.04 bits per heavy atom. The smallest absolute Gasteiger partial charge is 0.337 e. The normalized spacial score (nSPS) is 44.2. The fourth-order valence-electron chi connectivity index (χ4n) is 5.92. The minimum atomic E-state index is -0.630. The van der Waals surface area contributed by atoms with Crippen molar-refractivity contribution >= 4 is 5.97 Å². The Balaban J connectivity index is 1.66. The van der Waals surface area contributed by atoms with E-state index in [9.17, 15) is 9.90 Å². The number of cyclic esters (lactones) is 1. The number of esters is 1. The topological polar surface area (TPSA) is 49.8 Å². The Hall–Kier alpha value is -1.13. The Bertz CT molecular complexity index is 625. The van der Waals surface area contributed by atoms with Gasteiger partial charge in [-0.05, 0) is 64.0 Å². The molecule has 26 heavy (non-hydrogen) atoms. The van der Waals surface area contributed by atoms with Crippen LogP contribution in [0.3, 0.4) is 0 Å². The van der Waals surface area contributed by atoms with E-state index in [0.717, 1.165) is 24.8 Å². The third kappa shape index (κ3) is 2.95. The van der Waals surface area contributed by atoms with E-state index in [1.807, 2.05) is 6.92 Å². The number of allylic oxidation sites excluding steroid dienone is 1. The molecule has 1 saturated carbocycles. The van der Waals surface area contributed by atoms with E-state index in [1.165, 1.54) is 25.7 Å². The predicted molar refractivity (Wildman–Crippen MR) is 102 cm³/mol. The third-order valence-electron chi connectivity index (χ3n) is 7.53. The second-order valence-electron chi connectivity index (χ2n) is 8.90. The first-order valence-corrected chi connectivity index (χ1v) is 10.5. The highest BCUT2D eigenvalue weighted by Crippen LogP contribution is 2.50. The average molecular weight is 360 g/mol. The highest BCUT2D eigenvalue weighted by molar-refractivity contribution is 5.94. The third-order valence-corrected chi connectivity index (χ3v) is 7.53. The van der Waals surface area contributed by atoms with Crippen LogP contribution in [0.15, 0.2) is 23.3 Å². The minimum absolute atomic E-state index is 0.201. The van der Waals surface area contributed by atoms with Crippen LogP contribution in [0.25, 0.3) is 0 Å². The molecule has 4 nitrogen and oxygen atoms in total. The van der Waals surface area contributed by atoms with Gasteiger partial charge in [-0.15, -0.1) is 0 Å². The summed E-state index contributed by atoms with van der Waals surface area (Å²) in [6, 6.07) is 1.10. The molecule has 4 rings (SSSR count). The van der Waals surface area contributed by atoms with Gasteiger partial charge >= 0.3 is 5.97 Å². The zero-order valence-corrected chi connectivity index (χ0v) is 16.4. The molecule has 144 valence electrons. The van der Waals surface area contributed by atoms with Gasteiger partial charge in [0.05, 0.1) is 11.7 Å². The van der Waals surface area contributed by atoms with Crippen LogP contribution >= 0.6 is 0 Å². The number of aliphatic hydroxyl groups excluding tert-OH is 1. The van der Waals surface area contributed by atoms with Crippen LogP contribution < -0.4 is 0 Å². The molecule has 0 amide bonds. The second-order valence-corrected chi connectivity index (χ2v) is 8.90. The van der Waals surface area contributed by atoms with Crippen LogP contribution in [0.4, 0.5) is 0 Å². The Morgan fingerprint density at radius 3 is 2.54 bits per heavy atom. The lowest BCUT2D eigenvalue weighted by atomic mass is 9.61. The number of hydrogen-bond donors (Lipinski definition) is 1. The number of hydrogen-bond acceptors (Lipinski definition) is 4. The molecule has 0 aromatic carbocycles. The van der Waals surface area contributed by atoms with Crippen LogP contribution in [0.1, 0.15) is 58.8 Å². The molecule has 1 N–H and O–H groups in total. The molecule has 0 radical (unpaired) electrons. The SMILES string of the molecule is C[C@@H]1OC(=O)C2=C1[C@H](/C=C/[C@H]1CCC[C@H](C)N1C)[C@H]1CCCC[C@@H]1[C@@H]2O. The average Bonchev–Trinajstić information content (AvgIpc) is 2.93. The standard InChI is InChI=1S/C22H33NO3/c1-13-7-6-8-15(23(13)3)11-12-17-16-9-4-5-10-18(16)21(24)20-19(17)14(2)26-22(20)25/h11-18,21,24H,4-10H2,1-3H3/b12-11+/t13-,14-,15+,16+,17+,18-,21-/m0/s1. The van der Waals surface area contributed by atoms with Crippen LogP contribution in [-0.4, -0.2) is 47.3 Å². The molecule has 2 heterocycles. The lowest BCUT2D eigenvalue weighted by Gasteiger charge is -2.44. The predicted octanol–water partition coefficient (Wildman–Crippen LogP) is 3.45. The molecule has 2 aliphatic carbocycles. The van der Waals surface area contributed by atoms with Gasteiger partial charge in [-0.25, -0.2) is 4.79 Å². The van der Waals surface area contributed by atoms with E-state index in [4.69, 9.17) is 4.74 Å². The van der Waals surface area contributed by atoms with Gasteiger partial charge in [0, 0.05) is 18.0 Å². The van der Waals surface area contributed by atoms with Crippen molar-refractivity contribution in [2.45, 2.75) is 83.1 Å². The highest BCUT2D eigenvalue weighted by Gasteiger charge is 2.50. The minimum Gasteiger partial charge on any atom is -0.455 e. The largest absolute Gasteiger partial charge is 0.455 e. The summed E-state index contributed by atoms with van der Waals surface area (Å²) in [7, 11) is 2.22. The van der Waals surface area contributed by atoms with Crippen molar-refractivity contribution in [1.82, 2.24) is 4.90 Å². The van der Waals surface area contributed by atoms with Gasteiger partial charge in [0.25, 0.3) is 0 Å². The summed E-state index contributed by atoms with van der Waals surface area (Å²) in [6.07, 6.45) is 12.2. The number of likely N-dealkylation sites (N-methyl/N-ethyl adjacent to an activating group) is 1. The van der Waals surface area contributed by atoms with Gasteiger partial charge < -0.3 is 9.84 Å². The van der Waals surface area contributed by atoms with Gasteiger partial charge in [-0.3, -0.25) is 4.90 Å².